The quantitative estimate of drug-likeness (QED) is 0.591. The van der Waals surface area contributed by atoms with Gasteiger partial charge in [-0.2, -0.15) is 4.98 Å². The third-order valence-corrected chi connectivity index (χ3v) is 3.10. The fraction of sp³-hybridized carbons (Fsp3) is 0.333. The molecule has 0 atom stereocenters. The summed E-state index contributed by atoms with van der Waals surface area (Å²) in [5, 5.41) is 2.52. The fourth-order valence-corrected chi connectivity index (χ4v) is 2.07. The number of nitrogens with zero attached hydrogens (tertiary/aromatic N) is 2. The van der Waals surface area contributed by atoms with Gasteiger partial charge in [0, 0.05) is 11.8 Å². The molecule has 0 unspecified atom stereocenters. The van der Waals surface area contributed by atoms with E-state index in [2.05, 4.69) is 15.3 Å². The standard InChI is InChI=1S/C18H20ClN3O5/c1-5-25-15(23)13-10-20-16(19)22-14(13)26-12-8-6-7-11(9-12)21-17(24)27-18(2,3)4/h6-10H,5H2,1-4H3,(H,21,24). The summed E-state index contributed by atoms with van der Waals surface area (Å²) in [5.74, 6) is -0.362. The van der Waals surface area contributed by atoms with Crippen molar-refractivity contribution in [2.75, 3.05) is 11.9 Å². The number of nitrogens with one attached hydrogen (secondary N) is 1. The summed E-state index contributed by atoms with van der Waals surface area (Å²) in [7, 11) is 0. The van der Waals surface area contributed by atoms with E-state index in [9.17, 15) is 9.59 Å². The largest absolute Gasteiger partial charge is 0.462 e. The Morgan fingerprint density at radius 2 is 2.00 bits per heavy atom. The van der Waals surface area contributed by atoms with Gasteiger partial charge in [0.1, 0.15) is 16.9 Å². The first-order valence-corrected chi connectivity index (χ1v) is 8.53. The molecule has 1 aromatic carbocycles. The minimum Gasteiger partial charge on any atom is -0.462 e. The lowest BCUT2D eigenvalue weighted by Crippen LogP contribution is -2.27. The maximum atomic E-state index is 12.0. The lowest BCUT2D eigenvalue weighted by molar-refractivity contribution is 0.0521. The molecule has 0 fully saturated rings. The number of esters is 1. The smallest absolute Gasteiger partial charge is 0.412 e. The highest BCUT2D eigenvalue weighted by molar-refractivity contribution is 6.28. The van der Waals surface area contributed by atoms with Crippen molar-refractivity contribution in [1.29, 1.82) is 0 Å². The van der Waals surface area contributed by atoms with Gasteiger partial charge in [-0.25, -0.2) is 14.6 Å². The monoisotopic (exact) mass is 393 g/mol. The van der Waals surface area contributed by atoms with E-state index in [0.29, 0.717) is 11.4 Å². The van der Waals surface area contributed by atoms with E-state index in [-0.39, 0.29) is 23.3 Å². The molecular weight excluding hydrogens is 374 g/mol. The van der Waals surface area contributed by atoms with Crippen molar-refractivity contribution in [2.45, 2.75) is 33.3 Å². The number of hydrogen-bond donors (Lipinski definition) is 1. The molecule has 8 nitrogen and oxygen atoms in total. The summed E-state index contributed by atoms with van der Waals surface area (Å²) in [5.41, 5.74) is -0.142. The topological polar surface area (TPSA) is 99.6 Å². The van der Waals surface area contributed by atoms with Crippen LogP contribution in [0.2, 0.25) is 5.28 Å². The molecule has 1 aromatic heterocycles. The van der Waals surface area contributed by atoms with Crippen molar-refractivity contribution in [1.82, 2.24) is 9.97 Å². The molecule has 0 aliphatic heterocycles. The van der Waals surface area contributed by atoms with Gasteiger partial charge in [0.05, 0.1) is 12.8 Å². The average molecular weight is 394 g/mol. The highest BCUT2D eigenvalue weighted by atomic mass is 35.5. The molecule has 0 radical (unpaired) electrons. The molecule has 2 aromatic rings. The van der Waals surface area contributed by atoms with Crippen LogP contribution in [-0.4, -0.2) is 34.2 Å². The molecule has 1 N–H and O–H groups in total. The highest BCUT2D eigenvalue weighted by Crippen LogP contribution is 2.27. The van der Waals surface area contributed by atoms with Crippen LogP contribution in [0.4, 0.5) is 10.5 Å². The Labute approximate surface area is 161 Å². The Balaban J connectivity index is 2.20. The van der Waals surface area contributed by atoms with Crippen LogP contribution in [-0.2, 0) is 9.47 Å². The molecule has 1 amide bonds. The number of hydrogen-bond acceptors (Lipinski definition) is 7. The number of rotatable bonds is 5. The normalized spacial score (nSPS) is 10.9. The van der Waals surface area contributed by atoms with Gasteiger partial charge in [0.25, 0.3) is 0 Å². The van der Waals surface area contributed by atoms with Gasteiger partial charge in [-0.05, 0) is 51.4 Å². The van der Waals surface area contributed by atoms with Gasteiger partial charge in [0.15, 0.2) is 0 Å². The molecule has 9 heteroatoms. The number of aromatic nitrogens is 2. The SMILES string of the molecule is CCOC(=O)c1cnc(Cl)nc1Oc1cccc(NC(=O)OC(C)(C)C)c1. The van der Waals surface area contributed by atoms with E-state index in [1.165, 1.54) is 6.20 Å². The number of carbonyl (C=O) groups excluding carboxylic acids is 2. The van der Waals surface area contributed by atoms with Crippen LogP contribution in [0, 0.1) is 0 Å². The van der Waals surface area contributed by atoms with Crippen molar-refractivity contribution in [3.63, 3.8) is 0 Å². The minimum absolute atomic E-state index is 0.0340. The third-order valence-electron chi connectivity index (χ3n) is 2.91. The zero-order chi connectivity index (χ0) is 20.0. The summed E-state index contributed by atoms with van der Waals surface area (Å²) in [6.07, 6.45) is 0.628. The molecule has 0 saturated heterocycles. The van der Waals surface area contributed by atoms with E-state index < -0.39 is 17.7 Å². The van der Waals surface area contributed by atoms with Crippen LogP contribution < -0.4 is 10.1 Å². The number of amides is 1. The summed E-state index contributed by atoms with van der Waals surface area (Å²) < 4.78 is 15.8. The Kier molecular flexibility index (Phi) is 6.57. The summed E-state index contributed by atoms with van der Waals surface area (Å²) in [4.78, 5) is 31.6. The maximum absolute atomic E-state index is 12.0. The van der Waals surface area contributed by atoms with Gasteiger partial charge < -0.3 is 14.2 Å². The summed E-state index contributed by atoms with van der Waals surface area (Å²) in [6.45, 7) is 7.17. The van der Waals surface area contributed by atoms with Crippen LogP contribution in [0.1, 0.15) is 38.1 Å². The Morgan fingerprint density at radius 1 is 1.26 bits per heavy atom. The molecule has 0 spiro atoms. The van der Waals surface area contributed by atoms with Crippen LogP contribution >= 0.6 is 11.6 Å². The highest BCUT2D eigenvalue weighted by Gasteiger charge is 2.19. The molecular formula is C18H20ClN3O5. The van der Waals surface area contributed by atoms with E-state index in [1.54, 1.807) is 52.0 Å². The summed E-state index contributed by atoms with van der Waals surface area (Å²) in [6, 6.07) is 6.50. The number of benzene rings is 1. The van der Waals surface area contributed by atoms with E-state index in [0.717, 1.165) is 0 Å². The van der Waals surface area contributed by atoms with Gasteiger partial charge in [-0.1, -0.05) is 6.07 Å². The molecule has 0 aliphatic rings. The van der Waals surface area contributed by atoms with Crippen molar-refractivity contribution in [3.8, 4) is 11.6 Å². The van der Waals surface area contributed by atoms with Crippen LogP contribution in [0.15, 0.2) is 30.5 Å². The first-order valence-electron chi connectivity index (χ1n) is 8.15. The van der Waals surface area contributed by atoms with Crippen molar-refractivity contribution < 1.29 is 23.8 Å². The van der Waals surface area contributed by atoms with Gasteiger partial charge in [-0.3, -0.25) is 5.32 Å². The lowest BCUT2D eigenvalue weighted by atomic mass is 10.2. The second-order valence-electron chi connectivity index (χ2n) is 6.34. The molecule has 0 aliphatic carbocycles. The zero-order valence-corrected chi connectivity index (χ0v) is 16.2. The Hall–Kier alpha value is -2.87. The number of ether oxygens (including phenoxy) is 3. The van der Waals surface area contributed by atoms with E-state index in [4.69, 9.17) is 25.8 Å². The third kappa shape index (κ3) is 6.41. The van der Waals surface area contributed by atoms with Crippen LogP contribution in [0.3, 0.4) is 0 Å². The van der Waals surface area contributed by atoms with Gasteiger partial charge in [0.2, 0.25) is 11.2 Å². The van der Waals surface area contributed by atoms with Gasteiger partial charge >= 0.3 is 12.1 Å². The van der Waals surface area contributed by atoms with Crippen molar-refractivity contribution in [3.05, 3.63) is 41.3 Å². The van der Waals surface area contributed by atoms with Crippen molar-refractivity contribution in [2.24, 2.45) is 0 Å². The predicted octanol–water partition coefficient (Wildman–Crippen LogP) is 4.45. The Bertz CT molecular complexity index is 836. The molecule has 0 bridgehead atoms. The summed E-state index contributed by atoms with van der Waals surface area (Å²) >= 11 is 5.80. The van der Waals surface area contributed by atoms with Gasteiger partial charge in [-0.15, -0.1) is 0 Å². The Morgan fingerprint density at radius 3 is 2.67 bits per heavy atom. The predicted molar refractivity (Wildman–Crippen MR) is 99.4 cm³/mol. The molecule has 2 rings (SSSR count). The van der Waals surface area contributed by atoms with E-state index >= 15 is 0 Å². The number of carbonyl (C=O) groups is 2. The molecule has 144 valence electrons. The molecule has 1 heterocycles. The second-order valence-corrected chi connectivity index (χ2v) is 6.67. The maximum Gasteiger partial charge on any atom is 0.412 e. The molecule has 27 heavy (non-hydrogen) atoms. The minimum atomic E-state index is -0.632. The fourth-order valence-electron chi connectivity index (χ4n) is 1.94. The van der Waals surface area contributed by atoms with Crippen molar-refractivity contribution >= 4 is 29.4 Å². The first kappa shape index (κ1) is 20.4. The zero-order valence-electron chi connectivity index (χ0n) is 15.4. The number of anilines is 1. The van der Waals surface area contributed by atoms with Crippen LogP contribution in [0.5, 0.6) is 11.6 Å². The number of halogens is 1. The average Bonchev–Trinajstić information content (AvgIpc) is 2.53. The molecule has 0 saturated carbocycles. The van der Waals surface area contributed by atoms with Crippen LogP contribution in [0.25, 0.3) is 0 Å². The van der Waals surface area contributed by atoms with E-state index in [1.807, 2.05) is 0 Å². The lowest BCUT2D eigenvalue weighted by Gasteiger charge is -2.19. The first-order chi connectivity index (χ1) is 12.7. The second kappa shape index (κ2) is 8.68.